The smallest absolute Gasteiger partial charge is 0.325 e. The van der Waals surface area contributed by atoms with E-state index in [1.54, 1.807) is 31.4 Å². The number of methoxy groups -OCH3 is 1. The van der Waals surface area contributed by atoms with E-state index in [-0.39, 0.29) is 5.75 Å². The van der Waals surface area contributed by atoms with E-state index in [1.165, 1.54) is 0 Å². The fourth-order valence-corrected chi connectivity index (χ4v) is 2.76. The number of ether oxygens (including phenoxy) is 1. The standard InChI is InChI=1S/C18H17N5O3S/c1-26-14-9-7-13(8-10-14)19-17(25)20-15(24)11-27-18-21-16(22-23-18)12-5-3-2-4-6-12/h2-10H,11H2,1H3,(H,21,22,23)(H2,19,20,24,25). The molecular weight excluding hydrogens is 366 g/mol. The van der Waals surface area contributed by atoms with E-state index in [0.29, 0.717) is 22.4 Å². The van der Waals surface area contributed by atoms with E-state index < -0.39 is 11.9 Å². The average Bonchev–Trinajstić information content (AvgIpc) is 3.17. The summed E-state index contributed by atoms with van der Waals surface area (Å²) < 4.78 is 5.04. The van der Waals surface area contributed by atoms with Crippen LogP contribution in [0, 0.1) is 0 Å². The van der Waals surface area contributed by atoms with Crippen LogP contribution in [-0.4, -0.2) is 40.0 Å². The molecule has 0 bridgehead atoms. The highest BCUT2D eigenvalue weighted by molar-refractivity contribution is 7.99. The van der Waals surface area contributed by atoms with Crippen molar-refractivity contribution in [1.82, 2.24) is 20.5 Å². The van der Waals surface area contributed by atoms with Crippen LogP contribution in [-0.2, 0) is 4.79 Å². The van der Waals surface area contributed by atoms with Crippen LogP contribution in [0.25, 0.3) is 11.4 Å². The number of hydrogen-bond donors (Lipinski definition) is 3. The minimum Gasteiger partial charge on any atom is -0.497 e. The summed E-state index contributed by atoms with van der Waals surface area (Å²) in [5.41, 5.74) is 1.45. The van der Waals surface area contributed by atoms with Gasteiger partial charge in [-0.2, -0.15) is 0 Å². The Kier molecular flexibility index (Phi) is 6.06. The number of urea groups is 1. The molecule has 3 N–H and O–H groups in total. The van der Waals surface area contributed by atoms with E-state index in [2.05, 4.69) is 25.8 Å². The summed E-state index contributed by atoms with van der Waals surface area (Å²) in [5, 5.41) is 12.2. The molecule has 0 aliphatic carbocycles. The van der Waals surface area contributed by atoms with E-state index in [9.17, 15) is 9.59 Å². The van der Waals surface area contributed by atoms with Crippen LogP contribution in [0.3, 0.4) is 0 Å². The Morgan fingerprint density at radius 2 is 1.85 bits per heavy atom. The van der Waals surface area contributed by atoms with Gasteiger partial charge in [0.2, 0.25) is 11.1 Å². The maximum Gasteiger partial charge on any atom is 0.325 e. The van der Waals surface area contributed by atoms with Crippen LogP contribution in [0.4, 0.5) is 10.5 Å². The number of carbonyl (C=O) groups is 2. The van der Waals surface area contributed by atoms with Gasteiger partial charge in [0, 0.05) is 11.3 Å². The predicted octanol–water partition coefficient (Wildman–Crippen LogP) is 2.92. The third-order valence-corrected chi connectivity index (χ3v) is 4.29. The zero-order valence-corrected chi connectivity index (χ0v) is 15.2. The second-order valence-corrected chi connectivity index (χ2v) is 6.29. The van der Waals surface area contributed by atoms with Gasteiger partial charge in [0.15, 0.2) is 5.82 Å². The fraction of sp³-hybridized carbons (Fsp3) is 0.111. The number of anilines is 1. The Morgan fingerprint density at radius 1 is 1.11 bits per heavy atom. The molecule has 27 heavy (non-hydrogen) atoms. The van der Waals surface area contributed by atoms with Crippen LogP contribution in [0.1, 0.15) is 0 Å². The minimum absolute atomic E-state index is 0.0160. The molecule has 0 unspecified atom stereocenters. The highest BCUT2D eigenvalue weighted by atomic mass is 32.2. The number of benzene rings is 2. The van der Waals surface area contributed by atoms with Gasteiger partial charge >= 0.3 is 6.03 Å². The maximum absolute atomic E-state index is 11.9. The van der Waals surface area contributed by atoms with Gasteiger partial charge in [0.05, 0.1) is 12.9 Å². The highest BCUT2D eigenvalue weighted by Crippen LogP contribution is 2.18. The number of imide groups is 1. The summed E-state index contributed by atoms with van der Waals surface area (Å²) in [7, 11) is 1.56. The second kappa shape index (κ2) is 8.86. The molecule has 0 radical (unpaired) electrons. The Morgan fingerprint density at radius 3 is 2.56 bits per heavy atom. The van der Waals surface area contributed by atoms with Crippen LogP contribution >= 0.6 is 11.8 Å². The molecule has 8 nitrogen and oxygen atoms in total. The number of thioether (sulfide) groups is 1. The molecule has 3 aromatic rings. The monoisotopic (exact) mass is 383 g/mol. The Labute approximate surface area is 159 Å². The third kappa shape index (κ3) is 5.32. The van der Waals surface area contributed by atoms with Crippen LogP contribution in [0.2, 0.25) is 0 Å². The molecular formula is C18H17N5O3S. The molecule has 0 aliphatic rings. The molecule has 3 amide bonds. The number of rotatable bonds is 6. The van der Waals surface area contributed by atoms with Crippen LogP contribution in [0.5, 0.6) is 5.75 Å². The number of aromatic nitrogens is 3. The zero-order chi connectivity index (χ0) is 19.1. The Bertz CT molecular complexity index is 912. The van der Waals surface area contributed by atoms with Gasteiger partial charge in [-0.15, -0.1) is 5.10 Å². The van der Waals surface area contributed by atoms with Crippen molar-refractivity contribution in [1.29, 1.82) is 0 Å². The second-order valence-electron chi connectivity index (χ2n) is 5.35. The van der Waals surface area contributed by atoms with Crippen molar-refractivity contribution in [3.63, 3.8) is 0 Å². The van der Waals surface area contributed by atoms with Gasteiger partial charge in [-0.25, -0.2) is 9.78 Å². The SMILES string of the molecule is COc1ccc(NC(=O)NC(=O)CSc2n[nH]c(-c3ccccc3)n2)cc1. The molecule has 138 valence electrons. The molecule has 0 spiro atoms. The van der Waals surface area contributed by atoms with Crippen molar-refractivity contribution in [2.75, 3.05) is 18.2 Å². The quantitative estimate of drug-likeness (QED) is 0.565. The largest absolute Gasteiger partial charge is 0.497 e. The Balaban J connectivity index is 1.46. The first kappa shape index (κ1) is 18.5. The van der Waals surface area contributed by atoms with Gasteiger partial charge in [-0.1, -0.05) is 42.1 Å². The number of amides is 3. The number of hydrogen-bond acceptors (Lipinski definition) is 6. The molecule has 0 saturated carbocycles. The molecule has 1 heterocycles. The highest BCUT2D eigenvalue weighted by Gasteiger charge is 2.11. The molecule has 9 heteroatoms. The van der Waals surface area contributed by atoms with Gasteiger partial charge in [0.25, 0.3) is 0 Å². The summed E-state index contributed by atoms with van der Waals surface area (Å²) in [6, 6.07) is 15.7. The van der Waals surface area contributed by atoms with Crippen molar-refractivity contribution in [3.8, 4) is 17.1 Å². The van der Waals surface area contributed by atoms with Crippen LogP contribution < -0.4 is 15.4 Å². The van der Waals surface area contributed by atoms with Gasteiger partial charge in [0.1, 0.15) is 5.75 Å². The Hall–Kier alpha value is -3.33. The zero-order valence-electron chi connectivity index (χ0n) is 14.4. The van der Waals surface area contributed by atoms with Crippen molar-refractivity contribution in [3.05, 3.63) is 54.6 Å². The fourth-order valence-electron chi connectivity index (χ4n) is 2.17. The molecule has 0 atom stereocenters. The lowest BCUT2D eigenvalue weighted by Gasteiger charge is -2.07. The van der Waals surface area contributed by atoms with Gasteiger partial charge in [-0.05, 0) is 24.3 Å². The number of aromatic amines is 1. The van der Waals surface area contributed by atoms with Crippen molar-refractivity contribution < 1.29 is 14.3 Å². The number of nitrogens with one attached hydrogen (secondary N) is 3. The summed E-state index contributed by atoms with van der Waals surface area (Å²) in [6.45, 7) is 0. The van der Waals surface area contributed by atoms with Crippen molar-refractivity contribution >= 4 is 29.4 Å². The summed E-state index contributed by atoms with van der Waals surface area (Å²) in [5.74, 6) is 0.866. The van der Waals surface area contributed by atoms with E-state index in [0.717, 1.165) is 17.3 Å². The normalized spacial score (nSPS) is 10.3. The third-order valence-electron chi connectivity index (χ3n) is 3.45. The molecule has 0 aliphatic heterocycles. The summed E-state index contributed by atoms with van der Waals surface area (Å²) in [6.07, 6.45) is 0. The number of nitrogens with zero attached hydrogens (tertiary/aromatic N) is 2. The summed E-state index contributed by atoms with van der Waals surface area (Å²) >= 11 is 1.14. The average molecular weight is 383 g/mol. The van der Waals surface area contributed by atoms with E-state index >= 15 is 0 Å². The van der Waals surface area contributed by atoms with Crippen LogP contribution in [0.15, 0.2) is 59.8 Å². The minimum atomic E-state index is -0.606. The first-order chi connectivity index (χ1) is 13.1. The van der Waals surface area contributed by atoms with Crippen molar-refractivity contribution in [2.24, 2.45) is 0 Å². The van der Waals surface area contributed by atoms with Gasteiger partial charge in [-0.3, -0.25) is 15.2 Å². The molecule has 0 saturated heterocycles. The summed E-state index contributed by atoms with van der Waals surface area (Å²) in [4.78, 5) is 28.1. The van der Waals surface area contributed by atoms with Gasteiger partial charge < -0.3 is 10.1 Å². The lowest BCUT2D eigenvalue weighted by molar-refractivity contribution is -0.117. The van der Waals surface area contributed by atoms with E-state index in [1.807, 2.05) is 30.3 Å². The maximum atomic E-state index is 11.9. The predicted molar refractivity (Wildman–Crippen MR) is 103 cm³/mol. The number of carbonyl (C=O) groups excluding carboxylic acids is 2. The first-order valence-corrected chi connectivity index (χ1v) is 8.98. The van der Waals surface area contributed by atoms with E-state index in [4.69, 9.17) is 4.74 Å². The molecule has 0 fully saturated rings. The molecule has 3 rings (SSSR count). The topological polar surface area (TPSA) is 109 Å². The number of H-pyrrole nitrogens is 1. The lowest BCUT2D eigenvalue weighted by Crippen LogP contribution is -2.35. The molecule has 2 aromatic carbocycles. The lowest BCUT2D eigenvalue weighted by atomic mass is 10.2. The first-order valence-electron chi connectivity index (χ1n) is 7.99. The molecule has 1 aromatic heterocycles. The van der Waals surface area contributed by atoms with Crippen molar-refractivity contribution in [2.45, 2.75) is 5.16 Å².